The fraction of sp³-hybridized carbons (Fsp3) is 0.833. The van der Waals surface area contributed by atoms with E-state index in [1.807, 2.05) is 13.8 Å². The van der Waals surface area contributed by atoms with Crippen LogP contribution in [0.15, 0.2) is 0 Å². The number of carbonyl (C=O) groups excluding carboxylic acids is 3. The summed E-state index contributed by atoms with van der Waals surface area (Å²) in [4.78, 5) is 36.5. The Morgan fingerprint density at radius 3 is 2.28 bits per heavy atom. The molecule has 7 heteroatoms. The lowest BCUT2D eigenvalue weighted by Crippen LogP contribution is -2.54. The van der Waals surface area contributed by atoms with Crippen LogP contribution in [-0.4, -0.2) is 42.4 Å². The summed E-state index contributed by atoms with van der Waals surface area (Å²) in [6.45, 7) is 10.7. The second-order valence-electron chi connectivity index (χ2n) is 7.95. The summed E-state index contributed by atoms with van der Waals surface area (Å²) in [5.41, 5.74) is -1.93. The first-order chi connectivity index (χ1) is 11.4. The summed E-state index contributed by atoms with van der Waals surface area (Å²) in [6, 6.07) is 0. The van der Waals surface area contributed by atoms with E-state index in [0.717, 1.165) is 6.42 Å². The van der Waals surface area contributed by atoms with Crippen LogP contribution in [0.25, 0.3) is 0 Å². The van der Waals surface area contributed by atoms with E-state index in [1.54, 1.807) is 20.8 Å². The molecule has 0 saturated carbocycles. The molecule has 3 unspecified atom stereocenters. The van der Waals surface area contributed by atoms with E-state index < -0.39 is 35.3 Å². The molecule has 0 aromatic heterocycles. The Kier molecular flexibility index (Phi) is 6.99. The first kappa shape index (κ1) is 21.4. The van der Waals surface area contributed by atoms with Crippen molar-refractivity contribution in [3.05, 3.63) is 0 Å². The van der Waals surface area contributed by atoms with Crippen LogP contribution in [0, 0.1) is 11.8 Å². The Morgan fingerprint density at radius 2 is 1.84 bits per heavy atom. The molecule has 0 spiro atoms. The van der Waals surface area contributed by atoms with Gasteiger partial charge >= 0.3 is 11.9 Å². The minimum Gasteiger partial charge on any atom is -0.469 e. The summed E-state index contributed by atoms with van der Waals surface area (Å²) in [5.74, 6) is -1.81. The Hall–Kier alpha value is -1.63. The van der Waals surface area contributed by atoms with E-state index in [-0.39, 0.29) is 12.3 Å². The molecular formula is C18H31NO6. The van der Waals surface area contributed by atoms with Crippen LogP contribution in [-0.2, 0) is 28.6 Å². The zero-order valence-corrected chi connectivity index (χ0v) is 16.3. The molecule has 1 amide bonds. The van der Waals surface area contributed by atoms with Crippen LogP contribution < -0.4 is 5.32 Å². The summed E-state index contributed by atoms with van der Waals surface area (Å²) in [6.07, 6.45) is 0.306. The first-order valence-corrected chi connectivity index (χ1v) is 8.67. The Balaban J connectivity index is 3.12. The average molecular weight is 357 g/mol. The highest BCUT2D eigenvalue weighted by atomic mass is 16.6. The maximum atomic E-state index is 12.4. The van der Waals surface area contributed by atoms with Crippen molar-refractivity contribution in [3.63, 3.8) is 0 Å². The zero-order chi connectivity index (χ0) is 19.4. The normalized spacial score (nSPS) is 26.4. The number of esters is 2. The molecule has 1 heterocycles. The van der Waals surface area contributed by atoms with Gasteiger partial charge in [-0.25, -0.2) is 4.79 Å². The van der Waals surface area contributed by atoms with Gasteiger partial charge in [-0.1, -0.05) is 13.8 Å². The molecule has 25 heavy (non-hydrogen) atoms. The second-order valence-corrected chi connectivity index (χ2v) is 7.95. The molecular weight excluding hydrogens is 326 g/mol. The average Bonchev–Trinajstić information content (AvgIpc) is 2.82. The second kappa shape index (κ2) is 8.17. The van der Waals surface area contributed by atoms with Crippen LogP contribution in [0.5, 0.6) is 0 Å². The first-order valence-electron chi connectivity index (χ1n) is 8.67. The zero-order valence-electron chi connectivity index (χ0n) is 16.3. The van der Waals surface area contributed by atoms with Crippen LogP contribution in [0.2, 0.25) is 0 Å². The van der Waals surface area contributed by atoms with Crippen LogP contribution in [0.1, 0.15) is 60.8 Å². The molecule has 3 atom stereocenters. The maximum Gasteiger partial charge on any atom is 0.335 e. The van der Waals surface area contributed by atoms with Gasteiger partial charge < -0.3 is 19.5 Å². The Bertz CT molecular complexity index is 510. The summed E-state index contributed by atoms with van der Waals surface area (Å²) in [5, 5.41) is 2.75. The van der Waals surface area contributed by atoms with E-state index in [1.165, 1.54) is 14.0 Å². The third-order valence-electron chi connectivity index (χ3n) is 4.00. The van der Waals surface area contributed by atoms with Gasteiger partial charge in [0.05, 0.1) is 7.11 Å². The lowest BCUT2D eigenvalue weighted by atomic mass is 9.87. The number of nitrogens with one attached hydrogen (secondary N) is 1. The predicted molar refractivity (Wildman–Crippen MR) is 91.5 cm³/mol. The molecule has 1 aliphatic rings. The van der Waals surface area contributed by atoms with Crippen molar-refractivity contribution < 1.29 is 28.6 Å². The van der Waals surface area contributed by atoms with Gasteiger partial charge in [-0.15, -0.1) is 0 Å². The highest BCUT2D eigenvalue weighted by Crippen LogP contribution is 2.40. The van der Waals surface area contributed by atoms with Crippen molar-refractivity contribution in [2.24, 2.45) is 11.8 Å². The van der Waals surface area contributed by atoms with E-state index in [2.05, 4.69) is 5.32 Å². The minimum atomic E-state index is -1.26. The molecule has 1 saturated heterocycles. The quantitative estimate of drug-likeness (QED) is 0.733. The van der Waals surface area contributed by atoms with Gasteiger partial charge in [-0.3, -0.25) is 9.59 Å². The van der Waals surface area contributed by atoms with Gasteiger partial charge in [-0.05, 0) is 39.5 Å². The van der Waals surface area contributed by atoms with Crippen LogP contribution in [0.4, 0.5) is 0 Å². The standard InChI is InChI=1S/C18H31NO6/c1-11(2)8-9-18(19-12(3)20)13(15(21)23-7)10-14(24-18)16(22)25-17(4,5)6/h11,13-14H,8-10H2,1-7H3,(H,19,20). The van der Waals surface area contributed by atoms with Crippen molar-refractivity contribution in [1.29, 1.82) is 0 Å². The summed E-state index contributed by atoms with van der Waals surface area (Å²) in [7, 11) is 1.28. The highest BCUT2D eigenvalue weighted by Gasteiger charge is 2.55. The summed E-state index contributed by atoms with van der Waals surface area (Å²) >= 11 is 0. The van der Waals surface area contributed by atoms with E-state index in [4.69, 9.17) is 14.2 Å². The lowest BCUT2D eigenvalue weighted by Gasteiger charge is -2.34. The van der Waals surface area contributed by atoms with Crippen molar-refractivity contribution in [3.8, 4) is 0 Å². The monoisotopic (exact) mass is 357 g/mol. The molecule has 1 rings (SSSR count). The fourth-order valence-electron chi connectivity index (χ4n) is 2.94. The number of rotatable bonds is 6. The third-order valence-corrected chi connectivity index (χ3v) is 4.00. The van der Waals surface area contributed by atoms with E-state index >= 15 is 0 Å². The number of hydrogen-bond donors (Lipinski definition) is 1. The molecule has 1 N–H and O–H groups in total. The molecule has 0 aromatic carbocycles. The molecule has 1 fully saturated rings. The Morgan fingerprint density at radius 1 is 1.24 bits per heavy atom. The topological polar surface area (TPSA) is 90.9 Å². The van der Waals surface area contributed by atoms with Crippen molar-refractivity contribution in [2.45, 2.75) is 78.2 Å². The maximum absolute atomic E-state index is 12.4. The lowest BCUT2D eigenvalue weighted by molar-refractivity contribution is -0.179. The molecule has 0 bridgehead atoms. The largest absolute Gasteiger partial charge is 0.469 e. The predicted octanol–water partition coefficient (Wildman–Crippen LogP) is 2.17. The number of carbonyl (C=O) groups is 3. The fourth-order valence-corrected chi connectivity index (χ4v) is 2.94. The highest BCUT2D eigenvalue weighted by molar-refractivity contribution is 5.81. The van der Waals surface area contributed by atoms with Gasteiger partial charge in [0.2, 0.25) is 5.91 Å². The molecule has 0 aromatic rings. The van der Waals surface area contributed by atoms with E-state index in [9.17, 15) is 14.4 Å². The van der Waals surface area contributed by atoms with Gasteiger partial charge in [0.15, 0.2) is 11.8 Å². The Labute approximate surface area is 149 Å². The third kappa shape index (κ3) is 5.99. The SMILES string of the molecule is COC(=O)C1CC(C(=O)OC(C)(C)C)OC1(CCC(C)C)NC(C)=O. The molecule has 1 aliphatic heterocycles. The van der Waals surface area contributed by atoms with Gasteiger partial charge in [-0.2, -0.15) is 0 Å². The molecule has 0 aliphatic carbocycles. The van der Waals surface area contributed by atoms with Crippen molar-refractivity contribution in [2.75, 3.05) is 7.11 Å². The molecule has 7 nitrogen and oxygen atoms in total. The minimum absolute atomic E-state index is 0.111. The number of methoxy groups -OCH3 is 1. The number of ether oxygens (including phenoxy) is 3. The number of amides is 1. The van der Waals surface area contributed by atoms with Crippen molar-refractivity contribution >= 4 is 17.8 Å². The summed E-state index contributed by atoms with van der Waals surface area (Å²) < 4.78 is 16.2. The molecule has 144 valence electrons. The molecule has 0 radical (unpaired) electrons. The van der Waals surface area contributed by atoms with Crippen LogP contribution >= 0.6 is 0 Å². The van der Waals surface area contributed by atoms with Gasteiger partial charge in [0.1, 0.15) is 11.5 Å². The van der Waals surface area contributed by atoms with Crippen LogP contribution in [0.3, 0.4) is 0 Å². The van der Waals surface area contributed by atoms with Crippen molar-refractivity contribution in [1.82, 2.24) is 5.32 Å². The smallest absolute Gasteiger partial charge is 0.335 e. The van der Waals surface area contributed by atoms with Gasteiger partial charge in [0, 0.05) is 13.3 Å². The number of hydrogen-bond acceptors (Lipinski definition) is 6. The van der Waals surface area contributed by atoms with E-state index in [0.29, 0.717) is 12.3 Å². The van der Waals surface area contributed by atoms with Gasteiger partial charge in [0.25, 0.3) is 0 Å².